The van der Waals surface area contributed by atoms with Crippen molar-refractivity contribution in [2.24, 2.45) is 0 Å². The van der Waals surface area contributed by atoms with Gasteiger partial charge < -0.3 is 0 Å². The highest BCUT2D eigenvalue weighted by Crippen LogP contribution is 1.60. The lowest BCUT2D eigenvalue weighted by atomic mass is 11.9. The maximum Gasteiger partial charge on any atom is 0.00140 e. The lowest BCUT2D eigenvalue weighted by Gasteiger charge is -1.97. The molecule has 0 aromatic heterocycles. The Balaban J connectivity index is 2.81. The fourth-order valence-corrected chi connectivity index (χ4v) is 427. The van der Waals surface area contributed by atoms with Crippen molar-refractivity contribution >= 4 is 112 Å². The molecular weight excluding hydrogens is 389 g/mol. The molecule has 0 aromatic rings. The van der Waals surface area contributed by atoms with E-state index in [1.165, 1.54) is 0 Å². The zero-order chi connectivity index (χ0) is 11.2. The maximum absolute atomic E-state index is 2.61. The van der Waals surface area contributed by atoms with Crippen LogP contribution in [0.15, 0.2) is 0 Å². The Bertz CT molecular complexity index is 92.7. The van der Waals surface area contributed by atoms with Crippen molar-refractivity contribution in [3.8, 4) is 0 Å². The monoisotopic (exact) mass is 420 g/mol. The van der Waals surface area contributed by atoms with Gasteiger partial charge in [0.1, 0.15) is 0 Å². The highest BCUT2D eigenvalue weighted by Gasteiger charge is 1.96. The summed E-state index contributed by atoms with van der Waals surface area (Å²) in [5.41, 5.74) is 0. The lowest BCUT2D eigenvalue weighted by Crippen LogP contribution is -2.34. The van der Waals surface area contributed by atoms with Gasteiger partial charge in [0, 0.05) is 18.1 Å². The summed E-state index contributed by atoms with van der Waals surface area (Å²) in [4.78, 5) is 0. The van der Waals surface area contributed by atoms with Crippen LogP contribution in [0.1, 0.15) is 0 Å². The van der Waals surface area contributed by atoms with Gasteiger partial charge >= 0.3 is 0 Å². The maximum atomic E-state index is 2.61. The van der Waals surface area contributed by atoms with Gasteiger partial charge in [-0.15, -0.1) is 0 Å². The summed E-state index contributed by atoms with van der Waals surface area (Å²) in [5, 5.41) is 0. The van der Waals surface area contributed by atoms with Crippen molar-refractivity contribution in [1.29, 1.82) is 0 Å². The van der Waals surface area contributed by atoms with Crippen molar-refractivity contribution in [3.05, 3.63) is 0 Å². The third-order valence-electron chi connectivity index (χ3n) is 3.21. The minimum atomic E-state index is 0.675. The van der Waals surface area contributed by atoms with E-state index >= 15 is 0 Å². The van der Waals surface area contributed by atoms with E-state index in [1.807, 2.05) is 0 Å². The largest absolute Gasteiger partial charge is 0.0773 e. The molecule has 0 bridgehead atoms. The van der Waals surface area contributed by atoms with Gasteiger partial charge in [0.05, 0.1) is 0 Å². The van der Waals surface area contributed by atoms with Crippen LogP contribution in [0.3, 0.4) is 0 Å². The minimum absolute atomic E-state index is 0.675. The third-order valence-corrected chi connectivity index (χ3v) is 222. The molecule has 0 N–H and O–H groups in total. The van der Waals surface area contributed by atoms with Crippen molar-refractivity contribution in [1.82, 2.24) is 0 Å². The van der Waals surface area contributed by atoms with Crippen LogP contribution in [0.4, 0.5) is 0 Å². The lowest BCUT2D eigenvalue weighted by molar-refractivity contribution is 2.37. The van der Waals surface area contributed by atoms with Gasteiger partial charge in [0.2, 0.25) is 0 Å². The number of rotatable bonds is 12. The van der Waals surface area contributed by atoms with Crippen LogP contribution >= 0.6 is 0 Å². The van der Waals surface area contributed by atoms with E-state index in [9.17, 15) is 0 Å². The van der Waals surface area contributed by atoms with E-state index in [4.69, 9.17) is 0 Å². The molecule has 0 fully saturated rings. The highest BCUT2D eigenvalue weighted by atomic mass is 30.0. The topological polar surface area (TPSA) is 0 Å². The van der Waals surface area contributed by atoms with Crippen LogP contribution in [0, 0.1) is 0 Å². The molecule has 0 spiro atoms. The standard InChI is InChI=1S/C2H32Si13/c1-3-5-7-9-11-13-15-14-12-10-8-6-4-2/h3-15H2,1-2H3. The molecule has 0 rings (SSSR count). The average Bonchev–Trinajstić information content (AvgIpc) is 2.26. The van der Waals surface area contributed by atoms with E-state index < -0.39 is 0 Å². The molecule has 0 nitrogen and oxygen atoms in total. The Morgan fingerprint density at radius 2 is 0.533 bits per heavy atom. The molecule has 0 saturated heterocycles. The summed E-state index contributed by atoms with van der Waals surface area (Å²) in [7, 11) is 11.1. The molecule has 0 atom stereocenters. The van der Waals surface area contributed by atoms with Crippen molar-refractivity contribution in [2.45, 2.75) is 13.1 Å². The Morgan fingerprint density at radius 1 is 0.333 bits per heavy atom. The van der Waals surface area contributed by atoms with Gasteiger partial charge in [-0.3, -0.25) is 0 Å². The average molecular weight is 421 g/mol. The van der Waals surface area contributed by atoms with E-state index in [0.717, 1.165) is 94.1 Å². The zero-order valence-electron chi connectivity index (χ0n) is 11.2. The Labute approximate surface area is 124 Å². The SMILES string of the molecule is C[SiH2][SiH2][SiH2][SiH2][SiH2][SiH2][SiH2][SiH2][SiH2][SiH2][SiH2][SiH2][SiH2]C. The Kier molecular flexibility index (Phi) is 20.0. The molecule has 13 heteroatoms. The van der Waals surface area contributed by atoms with Crippen LogP contribution < -0.4 is 0 Å². The molecule has 0 amide bonds. The van der Waals surface area contributed by atoms with Crippen molar-refractivity contribution < 1.29 is 0 Å². The molecule has 0 aliphatic heterocycles. The molecule has 0 aliphatic carbocycles. The first-order valence-electron chi connectivity index (χ1n) is 7.41. The van der Waals surface area contributed by atoms with Crippen LogP contribution in [0.5, 0.6) is 0 Å². The first-order chi connectivity index (χ1) is 7.41. The first-order valence-corrected chi connectivity index (χ1v) is 58.2. The van der Waals surface area contributed by atoms with Crippen molar-refractivity contribution in [3.63, 3.8) is 0 Å². The summed E-state index contributed by atoms with van der Waals surface area (Å²) < 4.78 is 0. The normalized spacial score (nSPS) is 21.2. The Morgan fingerprint density at radius 3 is 0.733 bits per heavy atom. The summed E-state index contributed by atoms with van der Waals surface area (Å²) in [6, 6.07) is 0. The summed E-state index contributed by atoms with van der Waals surface area (Å²) in [6.45, 7) is 5.22. The minimum Gasteiger partial charge on any atom is -0.0773 e. The molecule has 0 saturated carbocycles. The highest BCUT2D eigenvalue weighted by molar-refractivity contribution is 7.72. The van der Waals surface area contributed by atoms with Gasteiger partial charge in [-0.25, -0.2) is 0 Å². The van der Waals surface area contributed by atoms with Gasteiger partial charge in [-0.05, 0) is 94.1 Å². The van der Waals surface area contributed by atoms with Crippen molar-refractivity contribution in [2.75, 3.05) is 0 Å². The van der Waals surface area contributed by atoms with Gasteiger partial charge in [-0.2, -0.15) is 0 Å². The van der Waals surface area contributed by atoms with E-state index in [-0.39, 0.29) is 0 Å². The fourth-order valence-electron chi connectivity index (χ4n) is 2.09. The predicted octanol–water partition coefficient (Wildman–Crippen LogP) is -10.7. The quantitative estimate of drug-likeness (QED) is 0.217. The summed E-state index contributed by atoms with van der Waals surface area (Å²) >= 11 is 0. The molecule has 0 unspecified atom stereocenters. The second-order valence-electron chi connectivity index (χ2n) is 4.89. The van der Waals surface area contributed by atoms with Gasteiger partial charge in [-0.1, -0.05) is 13.1 Å². The smallest absolute Gasteiger partial charge is 0.00140 e. The summed E-state index contributed by atoms with van der Waals surface area (Å²) in [6.07, 6.45) is 0. The molecule has 92 valence electrons. The number of hydrogen-bond donors (Lipinski definition) is 0. The summed E-state index contributed by atoms with van der Waals surface area (Å²) in [5.74, 6) is 0. The molecule has 0 radical (unpaired) electrons. The van der Waals surface area contributed by atoms with Crippen LogP contribution in [-0.2, 0) is 0 Å². The van der Waals surface area contributed by atoms with E-state index in [1.54, 1.807) is 0 Å². The third kappa shape index (κ3) is 16.8. The van der Waals surface area contributed by atoms with Crippen LogP contribution in [0.25, 0.3) is 0 Å². The van der Waals surface area contributed by atoms with Gasteiger partial charge in [0.15, 0.2) is 0 Å². The van der Waals surface area contributed by atoms with Crippen LogP contribution in [0.2, 0.25) is 13.1 Å². The second-order valence-corrected chi connectivity index (χ2v) is 114. The van der Waals surface area contributed by atoms with Gasteiger partial charge in [0.25, 0.3) is 0 Å². The molecule has 0 aliphatic rings. The molecule has 0 heterocycles. The zero-order valence-corrected chi connectivity index (χ0v) is 29.6. The molecule has 15 heavy (non-hydrogen) atoms. The molecular formula is C2H32Si13. The number of hydrogen-bond acceptors (Lipinski definition) is 0. The Hall–Kier alpha value is 2.82. The molecule has 0 aromatic carbocycles. The van der Waals surface area contributed by atoms with E-state index in [0.29, 0.717) is 18.1 Å². The second kappa shape index (κ2) is 16.8. The first kappa shape index (κ1) is 17.8. The van der Waals surface area contributed by atoms with Crippen LogP contribution in [-0.4, -0.2) is 112 Å². The fraction of sp³-hybridized carbons (Fsp3) is 1.00. The van der Waals surface area contributed by atoms with E-state index in [2.05, 4.69) is 13.1 Å². The predicted molar refractivity (Wildman–Crippen MR) is 123 cm³/mol.